The minimum atomic E-state index is -0.639. The van der Waals surface area contributed by atoms with E-state index in [9.17, 15) is 9.90 Å². The first-order chi connectivity index (χ1) is 11.5. The van der Waals surface area contributed by atoms with E-state index < -0.39 is 5.60 Å². The Kier molecular flexibility index (Phi) is 15.1. The van der Waals surface area contributed by atoms with Gasteiger partial charge in [0.1, 0.15) is 0 Å². The minimum Gasteiger partial charge on any atom is -0.463 e. The van der Waals surface area contributed by atoms with Crippen LogP contribution in [0.25, 0.3) is 0 Å². The lowest BCUT2D eigenvalue weighted by molar-refractivity contribution is -0.138. The highest BCUT2D eigenvalue weighted by molar-refractivity contribution is 5.81. The van der Waals surface area contributed by atoms with Crippen LogP contribution in [0.4, 0.5) is 0 Å². The summed E-state index contributed by atoms with van der Waals surface area (Å²) in [5, 5.41) is 10.3. The molecule has 0 saturated heterocycles. The summed E-state index contributed by atoms with van der Waals surface area (Å²) in [5.74, 6) is -0.389. The molecule has 0 aromatic carbocycles. The number of rotatable bonds is 17. The molecule has 0 heterocycles. The van der Waals surface area contributed by atoms with Crippen molar-refractivity contribution >= 4 is 5.97 Å². The fourth-order valence-corrected chi connectivity index (χ4v) is 2.98. The molecule has 1 atom stereocenters. The topological polar surface area (TPSA) is 46.5 Å². The number of esters is 1. The van der Waals surface area contributed by atoms with Gasteiger partial charge in [0.15, 0.2) is 0 Å². The molecule has 1 N–H and O–H groups in total. The SMILES string of the molecule is C=CC(=O)OCCCC(C)(O)CCCCCCCCCCCCC. The van der Waals surface area contributed by atoms with Gasteiger partial charge in [-0.15, -0.1) is 0 Å². The first-order valence-electron chi connectivity index (χ1n) is 10.0. The van der Waals surface area contributed by atoms with Gasteiger partial charge in [-0.3, -0.25) is 0 Å². The summed E-state index contributed by atoms with van der Waals surface area (Å²) in [6, 6.07) is 0. The molecule has 0 radical (unpaired) electrons. The number of unbranched alkanes of at least 4 members (excludes halogenated alkanes) is 10. The van der Waals surface area contributed by atoms with Crippen LogP contribution in [0.1, 0.15) is 104 Å². The summed E-state index contributed by atoms with van der Waals surface area (Å²) in [6.45, 7) is 7.86. The number of carbonyl (C=O) groups is 1. The number of aliphatic hydroxyl groups is 1. The lowest BCUT2D eigenvalue weighted by Crippen LogP contribution is -2.24. The quantitative estimate of drug-likeness (QED) is 0.202. The molecule has 3 nitrogen and oxygen atoms in total. The predicted octanol–water partition coefficient (Wildman–Crippen LogP) is 5.95. The molecule has 0 rings (SSSR count). The van der Waals surface area contributed by atoms with Gasteiger partial charge < -0.3 is 9.84 Å². The third kappa shape index (κ3) is 16.0. The zero-order valence-corrected chi connectivity index (χ0v) is 16.2. The van der Waals surface area contributed by atoms with Crippen molar-refractivity contribution < 1.29 is 14.6 Å². The normalized spacial score (nSPS) is 13.5. The van der Waals surface area contributed by atoms with Crippen LogP contribution in [0.3, 0.4) is 0 Å². The second-order valence-corrected chi connectivity index (χ2v) is 7.26. The van der Waals surface area contributed by atoms with E-state index in [0.29, 0.717) is 19.4 Å². The second-order valence-electron chi connectivity index (χ2n) is 7.26. The molecule has 0 aromatic heterocycles. The molecule has 24 heavy (non-hydrogen) atoms. The van der Waals surface area contributed by atoms with Crippen molar-refractivity contribution in [1.82, 2.24) is 0 Å². The monoisotopic (exact) mass is 340 g/mol. The van der Waals surface area contributed by atoms with E-state index in [2.05, 4.69) is 13.5 Å². The molecule has 142 valence electrons. The molecular weight excluding hydrogens is 300 g/mol. The van der Waals surface area contributed by atoms with Crippen LogP contribution in [-0.2, 0) is 9.53 Å². The smallest absolute Gasteiger partial charge is 0.330 e. The van der Waals surface area contributed by atoms with Crippen LogP contribution < -0.4 is 0 Å². The minimum absolute atomic E-state index is 0.360. The van der Waals surface area contributed by atoms with Gasteiger partial charge in [-0.2, -0.15) is 0 Å². The third-order valence-electron chi connectivity index (χ3n) is 4.59. The summed E-state index contributed by atoms with van der Waals surface area (Å²) < 4.78 is 4.93. The number of hydrogen-bond donors (Lipinski definition) is 1. The maximum absolute atomic E-state index is 10.9. The Hall–Kier alpha value is -0.830. The summed E-state index contributed by atoms with van der Waals surface area (Å²) in [5.41, 5.74) is -0.639. The Balaban J connectivity index is 3.38. The Morgan fingerprint density at radius 1 is 0.917 bits per heavy atom. The van der Waals surface area contributed by atoms with Crippen molar-refractivity contribution in [2.75, 3.05) is 6.61 Å². The highest BCUT2D eigenvalue weighted by Crippen LogP contribution is 2.21. The van der Waals surface area contributed by atoms with Gasteiger partial charge in [0.25, 0.3) is 0 Å². The van der Waals surface area contributed by atoms with Crippen molar-refractivity contribution in [1.29, 1.82) is 0 Å². The van der Waals surface area contributed by atoms with Crippen molar-refractivity contribution in [3.8, 4) is 0 Å². The van der Waals surface area contributed by atoms with E-state index >= 15 is 0 Å². The first kappa shape index (κ1) is 23.2. The third-order valence-corrected chi connectivity index (χ3v) is 4.59. The van der Waals surface area contributed by atoms with Gasteiger partial charge in [0.05, 0.1) is 12.2 Å². The Morgan fingerprint density at radius 3 is 1.88 bits per heavy atom. The largest absolute Gasteiger partial charge is 0.463 e. The van der Waals surface area contributed by atoms with Crippen molar-refractivity contribution in [2.24, 2.45) is 0 Å². The lowest BCUT2D eigenvalue weighted by Gasteiger charge is -2.23. The highest BCUT2D eigenvalue weighted by atomic mass is 16.5. The number of carbonyl (C=O) groups excluding carboxylic acids is 1. The average Bonchev–Trinajstić information content (AvgIpc) is 2.56. The van der Waals surface area contributed by atoms with Crippen LogP contribution in [0.2, 0.25) is 0 Å². The van der Waals surface area contributed by atoms with Crippen LogP contribution in [0.15, 0.2) is 12.7 Å². The van der Waals surface area contributed by atoms with E-state index in [1.807, 2.05) is 6.92 Å². The van der Waals surface area contributed by atoms with Crippen molar-refractivity contribution in [2.45, 2.75) is 109 Å². The van der Waals surface area contributed by atoms with Crippen LogP contribution in [0, 0.1) is 0 Å². The zero-order valence-electron chi connectivity index (χ0n) is 16.2. The highest BCUT2D eigenvalue weighted by Gasteiger charge is 2.19. The van der Waals surface area contributed by atoms with Gasteiger partial charge in [0, 0.05) is 6.08 Å². The van der Waals surface area contributed by atoms with E-state index in [-0.39, 0.29) is 5.97 Å². The Bertz CT molecular complexity index is 310. The van der Waals surface area contributed by atoms with Crippen LogP contribution in [-0.4, -0.2) is 23.3 Å². The average molecular weight is 341 g/mol. The molecular formula is C21H40O3. The van der Waals surface area contributed by atoms with Gasteiger partial charge in [-0.1, -0.05) is 84.1 Å². The van der Waals surface area contributed by atoms with Gasteiger partial charge >= 0.3 is 5.97 Å². The summed E-state index contributed by atoms with van der Waals surface area (Å²) in [7, 11) is 0. The summed E-state index contributed by atoms with van der Waals surface area (Å²) in [6.07, 6.45) is 17.9. The maximum Gasteiger partial charge on any atom is 0.330 e. The van der Waals surface area contributed by atoms with Crippen molar-refractivity contribution in [3.63, 3.8) is 0 Å². The lowest BCUT2D eigenvalue weighted by atomic mass is 9.93. The predicted molar refractivity (Wildman–Crippen MR) is 102 cm³/mol. The molecule has 0 aromatic rings. The molecule has 0 spiro atoms. The molecule has 0 aliphatic rings. The Morgan fingerprint density at radius 2 is 1.38 bits per heavy atom. The van der Waals surface area contributed by atoms with E-state index in [1.54, 1.807) is 0 Å². The fourth-order valence-electron chi connectivity index (χ4n) is 2.98. The summed E-state index contributed by atoms with van der Waals surface area (Å²) in [4.78, 5) is 10.9. The molecule has 0 saturated carbocycles. The summed E-state index contributed by atoms with van der Waals surface area (Å²) >= 11 is 0. The number of ether oxygens (including phenoxy) is 1. The number of hydrogen-bond acceptors (Lipinski definition) is 3. The second kappa shape index (κ2) is 15.7. The molecule has 0 aliphatic heterocycles. The molecule has 0 aliphatic carbocycles. The van der Waals surface area contributed by atoms with Crippen molar-refractivity contribution in [3.05, 3.63) is 12.7 Å². The van der Waals surface area contributed by atoms with E-state index in [0.717, 1.165) is 12.8 Å². The van der Waals surface area contributed by atoms with Crippen LogP contribution >= 0.6 is 0 Å². The van der Waals surface area contributed by atoms with Gasteiger partial charge in [-0.05, 0) is 26.2 Å². The van der Waals surface area contributed by atoms with E-state index in [4.69, 9.17) is 4.74 Å². The fraction of sp³-hybridized carbons (Fsp3) is 0.857. The molecule has 1 unspecified atom stereocenters. The first-order valence-corrected chi connectivity index (χ1v) is 10.0. The molecule has 3 heteroatoms. The van der Waals surface area contributed by atoms with Gasteiger partial charge in [-0.25, -0.2) is 4.79 Å². The van der Waals surface area contributed by atoms with Crippen LogP contribution in [0.5, 0.6) is 0 Å². The van der Waals surface area contributed by atoms with Gasteiger partial charge in [0.2, 0.25) is 0 Å². The Labute approximate surface area is 149 Å². The molecule has 0 fully saturated rings. The molecule has 0 bridgehead atoms. The molecule has 0 amide bonds. The van der Waals surface area contributed by atoms with E-state index in [1.165, 1.54) is 70.3 Å². The standard InChI is InChI=1S/C21H40O3/c1-4-6-7-8-9-10-11-12-13-14-15-17-21(3,23)18-16-19-24-20(22)5-2/h5,23H,2,4,6-19H2,1,3H3. The zero-order chi connectivity index (χ0) is 18.1. The maximum atomic E-state index is 10.9.